The van der Waals surface area contributed by atoms with Gasteiger partial charge in [0.1, 0.15) is 0 Å². The van der Waals surface area contributed by atoms with Crippen LogP contribution in [0.25, 0.3) is 33.4 Å². The van der Waals surface area contributed by atoms with E-state index in [9.17, 15) is 0 Å². The van der Waals surface area contributed by atoms with Crippen LogP contribution < -0.4 is 30.6 Å². The molecule has 6 heteroatoms. The summed E-state index contributed by atoms with van der Waals surface area (Å²) >= 11 is 0. The van der Waals surface area contributed by atoms with E-state index in [2.05, 4.69) is 204 Å². The molecule has 0 saturated carbocycles. The van der Waals surface area contributed by atoms with Crippen LogP contribution in [-0.2, 0) is 16.2 Å². The molecule has 6 aromatic rings. The predicted octanol–water partition coefficient (Wildman–Crippen LogP) is 9.54. The van der Waals surface area contributed by atoms with Crippen molar-refractivity contribution >= 4 is 54.4 Å². The largest absolute Gasteiger partial charge is 0.416 e. The lowest BCUT2D eigenvalue weighted by molar-refractivity contribution is 0.590. The number of rotatable bonds is 0. The third-order valence-corrected chi connectivity index (χ3v) is 12.6. The summed E-state index contributed by atoms with van der Waals surface area (Å²) in [5, 5.41) is 0. The lowest BCUT2D eigenvalue weighted by Crippen LogP contribution is -2.88. The Hall–Kier alpha value is -5.09. The molecule has 1 fully saturated rings. The number of anilines is 3. The van der Waals surface area contributed by atoms with Gasteiger partial charge in [-0.05, 0) is 102 Å². The summed E-state index contributed by atoms with van der Waals surface area (Å²) in [5.74, 6) is 0. The number of nitrogens with zero attached hydrogens (tertiary/aromatic N) is 3. The molecule has 0 unspecified atom stereocenters. The SMILES string of the molecule is CC(C)(C)c1ccc2c(c1)-c1ccccc1B1N2B2c3ccccc3-c3cc(C(C)(C)C)ccc3N2B2c3ccccc3-c3cc(C(C)(C)C)ccc3N12. The third kappa shape index (κ3) is 4.71. The Morgan fingerprint density at radius 2 is 0.574 bits per heavy atom. The molecule has 0 spiro atoms. The van der Waals surface area contributed by atoms with Crippen molar-refractivity contribution in [2.24, 2.45) is 0 Å². The van der Waals surface area contributed by atoms with Crippen LogP contribution in [0.2, 0.25) is 0 Å². The van der Waals surface area contributed by atoms with E-state index < -0.39 is 0 Å². The zero-order chi connectivity index (χ0) is 37.5. The maximum atomic E-state index is 2.77. The monoisotopic (exact) mass is 699 g/mol. The molecule has 0 aromatic heterocycles. The lowest BCUT2D eigenvalue weighted by Gasteiger charge is -2.61. The van der Waals surface area contributed by atoms with Gasteiger partial charge in [0.2, 0.25) is 0 Å². The summed E-state index contributed by atoms with van der Waals surface area (Å²) in [7, 11) is 0. The molecule has 4 aliphatic heterocycles. The average Bonchev–Trinajstić information content (AvgIpc) is 3.15. The van der Waals surface area contributed by atoms with Gasteiger partial charge >= 0.3 is 20.9 Å². The van der Waals surface area contributed by atoms with Gasteiger partial charge in [0.05, 0.1) is 0 Å². The van der Waals surface area contributed by atoms with Crippen LogP contribution in [-0.4, -0.2) is 20.9 Å². The van der Waals surface area contributed by atoms with Crippen molar-refractivity contribution in [2.75, 3.05) is 14.2 Å². The predicted molar refractivity (Wildman–Crippen MR) is 235 cm³/mol. The van der Waals surface area contributed by atoms with Crippen LogP contribution in [0.4, 0.5) is 17.1 Å². The average molecular weight is 699 g/mol. The summed E-state index contributed by atoms with van der Waals surface area (Å²) in [4.78, 5) is 0. The first-order chi connectivity index (χ1) is 25.7. The molecule has 0 aliphatic carbocycles. The molecule has 6 aromatic carbocycles. The smallest absolute Gasteiger partial charge is 0.389 e. The Kier molecular flexibility index (Phi) is 6.96. The van der Waals surface area contributed by atoms with Gasteiger partial charge in [0.25, 0.3) is 0 Å². The molecule has 0 bridgehead atoms. The Morgan fingerprint density at radius 3 is 0.833 bits per heavy atom. The Labute approximate surface area is 323 Å². The van der Waals surface area contributed by atoms with Gasteiger partial charge in [-0.2, -0.15) is 0 Å². The zero-order valence-electron chi connectivity index (χ0n) is 33.2. The van der Waals surface area contributed by atoms with E-state index >= 15 is 0 Å². The van der Waals surface area contributed by atoms with Crippen LogP contribution in [0.5, 0.6) is 0 Å². The van der Waals surface area contributed by atoms with Crippen molar-refractivity contribution in [3.05, 3.63) is 144 Å². The van der Waals surface area contributed by atoms with Gasteiger partial charge < -0.3 is 14.2 Å². The quantitative estimate of drug-likeness (QED) is 0.146. The minimum Gasteiger partial charge on any atom is -0.416 e. The van der Waals surface area contributed by atoms with Crippen molar-refractivity contribution in [3.8, 4) is 33.4 Å². The molecule has 54 heavy (non-hydrogen) atoms. The van der Waals surface area contributed by atoms with Gasteiger partial charge in [-0.15, -0.1) is 0 Å². The molecule has 0 atom stereocenters. The number of fused-ring (bicyclic) bond motifs is 21. The fourth-order valence-electron chi connectivity index (χ4n) is 9.73. The highest BCUT2D eigenvalue weighted by Crippen LogP contribution is 2.50. The number of benzene rings is 6. The van der Waals surface area contributed by atoms with E-state index in [-0.39, 0.29) is 37.2 Å². The summed E-state index contributed by atoms with van der Waals surface area (Å²) in [5.41, 5.74) is 20.1. The van der Waals surface area contributed by atoms with Crippen LogP contribution >= 0.6 is 0 Å². The summed E-state index contributed by atoms with van der Waals surface area (Å²) in [6.45, 7) is 20.8. The van der Waals surface area contributed by atoms with E-state index in [0.717, 1.165) is 0 Å². The molecule has 4 aliphatic rings. The molecule has 4 heterocycles. The van der Waals surface area contributed by atoms with Crippen LogP contribution in [0.3, 0.4) is 0 Å². The van der Waals surface area contributed by atoms with Gasteiger partial charge in [-0.1, -0.05) is 153 Å². The summed E-state index contributed by atoms with van der Waals surface area (Å²) < 4.78 is 8.32. The first kappa shape index (κ1) is 33.5. The van der Waals surface area contributed by atoms with Crippen LogP contribution in [0.1, 0.15) is 79.0 Å². The molecule has 10 rings (SSSR count). The maximum Gasteiger partial charge on any atom is 0.389 e. The maximum absolute atomic E-state index is 2.77. The Balaban J connectivity index is 1.33. The standard InChI is InChI=1S/C48H48B3N3/c1-46(2,3)31-22-25-43-37(28-31)34-16-10-13-19-40(34)49-52(43)50-41-20-14-11-17-35(41)38-29-33(48(7,8)9)24-27-45(38)54(50)51-42-21-15-12-18-36(42)39-30-32(47(4,5)6)23-26-44(39)53(49)51/h10-30H,1-9H3. The van der Waals surface area contributed by atoms with Gasteiger partial charge in [-0.25, -0.2) is 0 Å². The van der Waals surface area contributed by atoms with Crippen molar-refractivity contribution in [1.29, 1.82) is 0 Å². The minimum absolute atomic E-state index is 0.0290. The van der Waals surface area contributed by atoms with Crippen molar-refractivity contribution in [2.45, 2.75) is 78.6 Å². The summed E-state index contributed by atoms with van der Waals surface area (Å²) in [6.07, 6.45) is 0. The third-order valence-electron chi connectivity index (χ3n) is 12.6. The van der Waals surface area contributed by atoms with E-state index in [4.69, 9.17) is 0 Å². The molecule has 264 valence electrons. The normalized spacial score (nSPS) is 15.3. The highest BCUT2D eigenvalue weighted by atomic mass is 15.3. The first-order valence-electron chi connectivity index (χ1n) is 19.8. The van der Waals surface area contributed by atoms with Gasteiger partial charge in [-0.3, -0.25) is 0 Å². The first-order valence-corrected chi connectivity index (χ1v) is 19.8. The molecule has 0 amide bonds. The Morgan fingerprint density at radius 1 is 0.315 bits per heavy atom. The second-order valence-corrected chi connectivity index (χ2v) is 19.1. The zero-order valence-corrected chi connectivity index (χ0v) is 33.2. The highest BCUT2D eigenvalue weighted by molar-refractivity contribution is 7.16. The molecular formula is C48H48B3N3. The molecule has 3 nitrogen and oxygen atoms in total. The number of hydrogen-bond donors (Lipinski definition) is 0. The van der Waals surface area contributed by atoms with Crippen molar-refractivity contribution in [1.82, 2.24) is 0 Å². The fourth-order valence-corrected chi connectivity index (χ4v) is 9.73. The highest BCUT2D eigenvalue weighted by Gasteiger charge is 2.61. The summed E-state index contributed by atoms with van der Waals surface area (Å²) in [6, 6.07) is 49.6. The van der Waals surface area contributed by atoms with E-state index in [1.165, 1.54) is 83.5 Å². The molecule has 0 N–H and O–H groups in total. The van der Waals surface area contributed by atoms with E-state index in [1.54, 1.807) is 0 Å². The molecule has 0 radical (unpaired) electrons. The van der Waals surface area contributed by atoms with Crippen LogP contribution in [0, 0.1) is 0 Å². The minimum atomic E-state index is -0.0449. The Bertz CT molecular complexity index is 2230. The molecule has 1 saturated heterocycles. The van der Waals surface area contributed by atoms with E-state index in [1.807, 2.05) is 0 Å². The van der Waals surface area contributed by atoms with E-state index in [0.29, 0.717) is 0 Å². The van der Waals surface area contributed by atoms with Crippen molar-refractivity contribution in [3.63, 3.8) is 0 Å². The topological polar surface area (TPSA) is 9.72 Å². The lowest BCUT2D eigenvalue weighted by atomic mass is 9.33. The fraction of sp³-hybridized carbons (Fsp3) is 0.250. The van der Waals surface area contributed by atoms with Crippen LogP contribution in [0.15, 0.2) is 127 Å². The van der Waals surface area contributed by atoms with Crippen molar-refractivity contribution < 1.29 is 0 Å². The number of hydrogen-bond acceptors (Lipinski definition) is 3. The second-order valence-electron chi connectivity index (χ2n) is 19.1. The van der Waals surface area contributed by atoms with Gasteiger partial charge in [0, 0.05) is 33.8 Å². The molecular weight excluding hydrogens is 651 g/mol. The van der Waals surface area contributed by atoms with Gasteiger partial charge in [0.15, 0.2) is 0 Å². The second kappa shape index (κ2) is 11.2.